The number of epoxide rings is 1. The molecule has 1 rings (SSSR count). The molecule has 8 heteroatoms. The van der Waals surface area contributed by atoms with E-state index in [1.54, 1.807) is 13.8 Å². The Morgan fingerprint density at radius 3 is 1.37 bits per heavy atom. The Bertz CT molecular complexity index is 640. The third kappa shape index (κ3) is 31.8. The van der Waals surface area contributed by atoms with Crippen LogP contribution in [0.2, 0.25) is 0 Å². The Morgan fingerprint density at radius 1 is 0.737 bits per heavy atom. The lowest BCUT2D eigenvalue weighted by molar-refractivity contribution is -0.139. The standard InChI is InChI=1S/C18H36O3.C7H10O3.C5H8O2/c19-17-15-13-11-9-7-5-3-1-2-4-6-8-10-12-14-16-18(20)21;1-5(2)7(8)10-4-6-3-9-6;1-4(2)5(6)7-3/h19H,1-17H2,(H,20,21);6H,1,3-4H2,2H3;1H2,2-3H3. The first-order valence-corrected chi connectivity index (χ1v) is 14.2. The molecule has 0 radical (unpaired) electrons. The maximum atomic E-state index is 10.7. The number of carbonyl (C=O) groups excluding carboxylic acids is 2. The highest BCUT2D eigenvalue weighted by atomic mass is 16.6. The van der Waals surface area contributed by atoms with Gasteiger partial charge in [0, 0.05) is 24.2 Å². The quantitative estimate of drug-likeness (QED) is 0.0725. The van der Waals surface area contributed by atoms with Crippen LogP contribution in [-0.4, -0.2) is 61.2 Å². The molecule has 8 nitrogen and oxygen atoms in total. The molecule has 1 atom stereocenters. The maximum absolute atomic E-state index is 10.7. The summed E-state index contributed by atoms with van der Waals surface area (Å²) in [4.78, 5) is 31.2. The van der Waals surface area contributed by atoms with Crippen molar-refractivity contribution in [2.45, 2.75) is 123 Å². The van der Waals surface area contributed by atoms with Crippen LogP contribution in [0.25, 0.3) is 0 Å². The monoisotopic (exact) mass is 542 g/mol. The summed E-state index contributed by atoms with van der Waals surface area (Å²) in [6, 6.07) is 0. The van der Waals surface area contributed by atoms with E-state index in [0.29, 0.717) is 37.4 Å². The van der Waals surface area contributed by atoms with Gasteiger partial charge in [-0.05, 0) is 26.7 Å². The summed E-state index contributed by atoms with van der Waals surface area (Å²) >= 11 is 0. The molecule has 1 saturated heterocycles. The second kappa shape index (κ2) is 27.8. The topological polar surface area (TPSA) is 123 Å². The Labute approximate surface area is 230 Å². The number of aliphatic carboxylic acids is 1. The fourth-order valence-corrected chi connectivity index (χ4v) is 3.32. The number of unbranched alkanes of at least 4 members (excludes halogenated alkanes) is 14. The minimum absolute atomic E-state index is 0.142. The van der Waals surface area contributed by atoms with Gasteiger partial charge < -0.3 is 24.4 Å². The second-order valence-corrected chi connectivity index (χ2v) is 9.78. The SMILES string of the molecule is C=C(C)C(=O)OC.C=C(C)C(=O)OCC1CO1.O=C(O)CCCCCCCCCCCCCCCCCO. The van der Waals surface area contributed by atoms with E-state index in [1.807, 2.05) is 0 Å². The van der Waals surface area contributed by atoms with Crippen LogP contribution in [0.4, 0.5) is 0 Å². The van der Waals surface area contributed by atoms with E-state index in [9.17, 15) is 14.4 Å². The molecule has 1 unspecified atom stereocenters. The molecule has 0 aromatic heterocycles. The van der Waals surface area contributed by atoms with Gasteiger partial charge in [-0.25, -0.2) is 9.59 Å². The summed E-state index contributed by atoms with van der Waals surface area (Å²) in [5.41, 5.74) is 0.864. The van der Waals surface area contributed by atoms with Crippen LogP contribution in [0, 0.1) is 0 Å². The van der Waals surface area contributed by atoms with Crippen molar-refractivity contribution in [3.8, 4) is 0 Å². The molecule has 1 aliphatic heterocycles. The third-order valence-corrected chi connectivity index (χ3v) is 5.73. The predicted molar refractivity (Wildman–Crippen MR) is 151 cm³/mol. The smallest absolute Gasteiger partial charge is 0.333 e. The highest BCUT2D eigenvalue weighted by Gasteiger charge is 2.24. The van der Waals surface area contributed by atoms with Gasteiger partial charge in [-0.1, -0.05) is 96.6 Å². The summed E-state index contributed by atoms with van der Waals surface area (Å²) in [6.45, 7) is 11.4. The van der Waals surface area contributed by atoms with E-state index in [2.05, 4.69) is 17.9 Å². The molecular weight excluding hydrogens is 488 g/mol. The van der Waals surface area contributed by atoms with Gasteiger partial charge in [0.2, 0.25) is 0 Å². The molecular formula is C30H54O8. The minimum atomic E-state index is -0.664. The average molecular weight is 543 g/mol. The number of esters is 2. The molecule has 1 heterocycles. The number of rotatable bonds is 21. The van der Waals surface area contributed by atoms with Crippen LogP contribution in [0.3, 0.4) is 0 Å². The summed E-state index contributed by atoms with van der Waals surface area (Å²) < 4.78 is 13.9. The Morgan fingerprint density at radius 2 is 1.11 bits per heavy atom. The first kappa shape index (κ1) is 38.0. The zero-order valence-corrected chi connectivity index (χ0v) is 24.3. The zero-order valence-electron chi connectivity index (χ0n) is 24.3. The van der Waals surface area contributed by atoms with Crippen molar-refractivity contribution in [3.63, 3.8) is 0 Å². The van der Waals surface area contributed by atoms with E-state index < -0.39 is 5.97 Å². The van der Waals surface area contributed by atoms with E-state index >= 15 is 0 Å². The maximum Gasteiger partial charge on any atom is 0.333 e. The van der Waals surface area contributed by atoms with Gasteiger partial charge in [-0.3, -0.25) is 4.79 Å². The third-order valence-electron chi connectivity index (χ3n) is 5.73. The number of aliphatic hydroxyl groups is 1. The Kier molecular flexibility index (Phi) is 27.8. The van der Waals surface area contributed by atoms with Crippen molar-refractivity contribution < 1.29 is 38.8 Å². The first-order valence-electron chi connectivity index (χ1n) is 14.2. The minimum Gasteiger partial charge on any atom is -0.481 e. The van der Waals surface area contributed by atoms with E-state index in [1.165, 1.54) is 84.2 Å². The zero-order chi connectivity index (χ0) is 29.0. The average Bonchev–Trinajstić information content (AvgIpc) is 3.71. The second-order valence-electron chi connectivity index (χ2n) is 9.78. The molecule has 38 heavy (non-hydrogen) atoms. The Hall–Kier alpha value is -2.19. The number of ether oxygens (including phenoxy) is 3. The van der Waals surface area contributed by atoms with Crippen molar-refractivity contribution in [2.75, 3.05) is 26.9 Å². The number of methoxy groups -OCH3 is 1. The van der Waals surface area contributed by atoms with E-state index in [-0.39, 0.29) is 18.0 Å². The lowest BCUT2D eigenvalue weighted by atomic mass is 10.0. The van der Waals surface area contributed by atoms with Crippen molar-refractivity contribution in [1.82, 2.24) is 0 Å². The molecule has 0 aromatic carbocycles. The van der Waals surface area contributed by atoms with Gasteiger partial charge in [-0.2, -0.15) is 0 Å². The number of carboxylic acids is 1. The lowest BCUT2D eigenvalue weighted by Gasteiger charge is -2.03. The summed E-state index contributed by atoms with van der Waals surface area (Å²) in [6.07, 6.45) is 19.1. The summed E-state index contributed by atoms with van der Waals surface area (Å²) in [7, 11) is 1.33. The van der Waals surface area contributed by atoms with Gasteiger partial charge in [0.15, 0.2) is 0 Å². The van der Waals surface area contributed by atoms with Crippen molar-refractivity contribution in [2.24, 2.45) is 0 Å². The molecule has 0 aliphatic carbocycles. The number of hydrogen-bond donors (Lipinski definition) is 2. The molecule has 1 aliphatic rings. The van der Waals surface area contributed by atoms with Gasteiger partial charge in [0.05, 0.1) is 13.7 Å². The first-order chi connectivity index (χ1) is 18.1. The van der Waals surface area contributed by atoms with Crippen molar-refractivity contribution in [1.29, 1.82) is 0 Å². The van der Waals surface area contributed by atoms with E-state index in [4.69, 9.17) is 19.7 Å². The lowest BCUT2D eigenvalue weighted by Crippen LogP contribution is -2.09. The highest BCUT2D eigenvalue weighted by Crippen LogP contribution is 2.13. The predicted octanol–water partition coefficient (Wildman–Crippen LogP) is 6.54. The van der Waals surface area contributed by atoms with Crippen molar-refractivity contribution >= 4 is 17.9 Å². The summed E-state index contributed by atoms with van der Waals surface area (Å²) in [5, 5.41) is 17.2. The largest absolute Gasteiger partial charge is 0.481 e. The van der Waals surface area contributed by atoms with Gasteiger partial charge in [0.1, 0.15) is 12.7 Å². The molecule has 1 fully saturated rings. The molecule has 0 bridgehead atoms. The molecule has 222 valence electrons. The van der Waals surface area contributed by atoms with Crippen LogP contribution in [0.1, 0.15) is 117 Å². The van der Waals surface area contributed by atoms with Gasteiger partial charge >= 0.3 is 17.9 Å². The molecule has 0 amide bonds. The van der Waals surface area contributed by atoms with Crippen molar-refractivity contribution in [3.05, 3.63) is 24.3 Å². The van der Waals surface area contributed by atoms with Gasteiger partial charge in [0.25, 0.3) is 0 Å². The normalized spacial score (nSPS) is 13.2. The molecule has 0 saturated carbocycles. The number of hydrogen-bond acceptors (Lipinski definition) is 7. The van der Waals surface area contributed by atoms with Crippen LogP contribution in [0.15, 0.2) is 24.3 Å². The fraction of sp³-hybridized carbons (Fsp3) is 0.767. The van der Waals surface area contributed by atoms with Crippen LogP contribution in [-0.2, 0) is 28.6 Å². The van der Waals surface area contributed by atoms with E-state index in [0.717, 1.165) is 19.3 Å². The molecule has 0 aromatic rings. The van der Waals surface area contributed by atoms with Crippen LogP contribution >= 0.6 is 0 Å². The number of carbonyl (C=O) groups is 3. The highest BCUT2D eigenvalue weighted by molar-refractivity contribution is 5.87. The summed E-state index contributed by atoms with van der Waals surface area (Å²) in [5.74, 6) is -1.35. The number of aliphatic hydroxyl groups excluding tert-OH is 1. The number of carboxylic acid groups (broad SMARTS) is 1. The molecule has 0 spiro atoms. The van der Waals surface area contributed by atoms with Crippen LogP contribution < -0.4 is 0 Å². The Balaban J connectivity index is 0. The van der Waals surface area contributed by atoms with Gasteiger partial charge in [-0.15, -0.1) is 0 Å². The molecule has 2 N–H and O–H groups in total. The van der Waals surface area contributed by atoms with Crippen LogP contribution in [0.5, 0.6) is 0 Å². The fourth-order valence-electron chi connectivity index (χ4n) is 3.32.